The van der Waals surface area contributed by atoms with E-state index in [0.717, 1.165) is 15.6 Å². The van der Waals surface area contributed by atoms with Gasteiger partial charge in [0, 0.05) is 16.0 Å². The molecule has 0 spiro atoms. The molecule has 1 unspecified atom stereocenters. The summed E-state index contributed by atoms with van der Waals surface area (Å²) in [6, 6.07) is 13.0. The molecule has 0 fully saturated rings. The minimum atomic E-state index is -0.885. The molecule has 3 aromatic rings. The van der Waals surface area contributed by atoms with Crippen molar-refractivity contribution in [1.82, 2.24) is 4.98 Å². The van der Waals surface area contributed by atoms with Gasteiger partial charge in [-0.2, -0.15) is 0 Å². The van der Waals surface area contributed by atoms with Crippen molar-refractivity contribution in [2.45, 2.75) is 6.10 Å². The Morgan fingerprint density at radius 2 is 1.96 bits per heavy atom. The van der Waals surface area contributed by atoms with Crippen molar-refractivity contribution in [2.24, 2.45) is 0 Å². The summed E-state index contributed by atoms with van der Waals surface area (Å²) in [5.74, 6) is -0.443. The first-order chi connectivity index (χ1) is 11.6. The van der Waals surface area contributed by atoms with Gasteiger partial charge >= 0.3 is 5.97 Å². The second kappa shape index (κ2) is 7.25. The number of methoxy groups -OCH3 is 1. The van der Waals surface area contributed by atoms with Crippen LogP contribution in [-0.4, -0.2) is 23.2 Å². The van der Waals surface area contributed by atoms with Gasteiger partial charge in [0.15, 0.2) is 0 Å². The average molecular weight is 404 g/mol. The number of aromatic nitrogens is 1. The van der Waals surface area contributed by atoms with Crippen molar-refractivity contribution in [3.63, 3.8) is 0 Å². The molecule has 1 heterocycles. The zero-order valence-electron chi connectivity index (χ0n) is 12.8. The highest BCUT2D eigenvalue weighted by molar-refractivity contribution is 9.10. The third-order valence-electron chi connectivity index (χ3n) is 3.56. The fraction of sp³-hybridized carbons (Fsp3) is 0.111. The second-order valence-corrected chi connectivity index (χ2v) is 6.96. The normalized spacial score (nSPS) is 12.0. The molecular formula is C18H14BrNO3S. The number of rotatable bonds is 4. The first kappa shape index (κ1) is 16.8. The van der Waals surface area contributed by atoms with Crippen molar-refractivity contribution in [2.75, 3.05) is 7.11 Å². The molecule has 0 radical (unpaired) electrons. The maximum absolute atomic E-state index is 12.0. The van der Waals surface area contributed by atoms with Crippen molar-refractivity contribution in [1.29, 1.82) is 0 Å². The fourth-order valence-corrected chi connectivity index (χ4v) is 3.28. The van der Waals surface area contributed by atoms with Crippen molar-refractivity contribution < 1.29 is 14.6 Å². The van der Waals surface area contributed by atoms with E-state index in [1.165, 1.54) is 18.4 Å². The third kappa shape index (κ3) is 3.56. The lowest BCUT2D eigenvalue weighted by Gasteiger charge is -2.13. The van der Waals surface area contributed by atoms with E-state index in [1.807, 2.05) is 30.3 Å². The van der Waals surface area contributed by atoms with Crippen molar-refractivity contribution >= 4 is 33.2 Å². The summed E-state index contributed by atoms with van der Waals surface area (Å²) in [5.41, 5.74) is 2.77. The number of aliphatic hydroxyl groups is 1. The SMILES string of the molecule is COC(=O)c1cc(-c2ccc(Br)cc2)cc(C(O)c2nccs2)c1. The molecule has 1 aromatic heterocycles. The lowest BCUT2D eigenvalue weighted by Crippen LogP contribution is -2.06. The van der Waals surface area contributed by atoms with Crippen LogP contribution in [0.3, 0.4) is 0 Å². The van der Waals surface area contributed by atoms with Crippen LogP contribution in [0.15, 0.2) is 58.5 Å². The molecule has 0 aliphatic carbocycles. The van der Waals surface area contributed by atoms with E-state index >= 15 is 0 Å². The molecule has 24 heavy (non-hydrogen) atoms. The van der Waals surface area contributed by atoms with Gasteiger partial charge in [-0.15, -0.1) is 11.3 Å². The first-order valence-electron chi connectivity index (χ1n) is 7.15. The van der Waals surface area contributed by atoms with Gasteiger partial charge in [-0.05, 0) is 47.0 Å². The molecule has 0 saturated carbocycles. The minimum absolute atomic E-state index is 0.392. The molecular weight excluding hydrogens is 390 g/mol. The van der Waals surface area contributed by atoms with Gasteiger partial charge in [0.25, 0.3) is 0 Å². The molecule has 0 aliphatic heterocycles. The zero-order chi connectivity index (χ0) is 17.1. The number of nitrogens with zero attached hydrogens (tertiary/aromatic N) is 1. The molecule has 0 amide bonds. The molecule has 0 bridgehead atoms. The summed E-state index contributed by atoms with van der Waals surface area (Å²) in [6.07, 6.45) is 0.757. The highest BCUT2D eigenvalue weighted by atomic mass is 79.9. The summed E-state index contributed by atoms with van der Waals surface area (Å²) >= 11 is 4.78. The topological polar surface area (TPSA) is 59.4 Å². The monoisotopic (exact) mass is 403 g/mol. The van der Waals surface area contributed by atoms with Gasteiger partial charge in [0.1, 0.15) is 11.1 Å². The maximum atomic E-state index is 12.0. The standard InChI is InChI=1S/C18H14BrNO3S/c1-23-18(22)14-9-12(11-2-4-15(19)5-3-11)8-13(10-14)16(21)17-20-6-7-24-17/h2-10,16,21H,1H3. The molecule has 0 aliphatic rings. The van der Waals surface area contributed by atoms with E-state index in [1.54, 1.807) is 23.7 Å². The number of ether oxygens (including phenoxy) is 1. The number of thiazole rings is 1. The maximum Gasteiger partial charge on any atom is 0.337 e. The van der Waals surface area contributed by atoms with Gasteiger partial charge in [-0.3, -0.25) is 0 Å². The van der Waals surface area contributed by atoms with Crippen LogP contribution < -0.4 is 0 Å². The summed E-state index contributed by atoms with van der Waals surface area (Å²) in [5, 5.41) is 12.9. The van der Waals surface area contributed by atoms with Gasteiger partial charge in [0.05, 0.1) is 12.7 Å². The Morgan fingerprint density at radius 1 is 1.21 bits per heavy atom. The van der Waals surface area contributed by atoms with Crippen LogP contribution in [0.1, 0.15) is 27.0 Å². The largest absolute Gasteiger partial charge is 0.465 e. The highest BCUT2D eigenvalue weighted by Crippen LogP contribution is 2.30. The van der Waals surface area contributed by atoms with Gasteiger partial charge in [-0.1, -0.05) is 28.1 Å². The number of hydrogen-bond acceptors (Lipinski definition) is 5. The van der Waals surface area contributed by atoms with Gasteiger partial charge in [0.2, 0.25) is 0 Å². The molecule has 6 heteroatoms. The van der Waals surface area contributed by atoms with E-state index in [4.69, 9.17) is 4.74 Å². The quantitative estimate of drug-likeness (QED) is 0.654. The first-order valence-corrected chi connectivity index (χ1v) is 8.82. The number of halogens is 1. The Bertz CT molecular complexity index is 847. The Kier molecular flexibility index (Phi) is 5.08. The fourth-order valence-electron chi connectivity index (χ4n) is 2.37. The minimum Gasteiger partial charge on any atom is -0.465 e. The smallest absolute Gasteiger partial charge is 0.337 e. The van der Waals surface area contributed by atoms with E-state index < -0.39 is 12.1 Å². The number of esters is 1. The molecule has 1 N–H and O–H groups in total. The number of carbonyl (C=O) groups excluding carboxylic acids is 1. The summed E-state index contributed by atoms with van der Waals surface area (Å²) < 4.78 is 5.80. The van der Waals surface area contributed by atoms with E-state index in [9.17, 15) is 9.90 Å². The van der Waals surface area contributed by atoms with Crippen LogP contribution in [0.2, 0.25) is 0 Å². The van der Waals surface area contributed by atoms with Gasteiger partial charge < -0.3 is 9.84 Å². The Morgan fingerprint density at radius 3 is 2.58 bits per heavy atom. The van der Waals surface area contributed by atoms with E-state index in [2.05, 4.69) is 20.9 Å². The summed E-state index contributed by atoms with van der Waals surface area (Å²) in [7, 11) is 1.34. The van der Waals surface area contributed by atoms with Crippen LogP contribution in [0.25, 0.3) is 11.1 Å². The highest BCUT2D eigenvalue weighted by Gasteiger charge is 2.17. The van der Waals surface area contributed by atoms with Crippen LogP contribution in [-0.2, 0) is 4.74 Å². The predicted octanol–water partition coefficient (Wildman–Crippen LogP) is 4.44. The van der Waals surface area contributed by atoms with Crippen LogP contribution in [0.4, 0.5) is 0 Å². The molecule has 0 saturated heterocycles. The average Bonchev–Trinajstić information content (AvgIpc) is 3.15. The number of benzene rings is 2. The molecule has 1 atom stereocenters. The van der Waals surface area contributed by atoms with Crippen molar-refractivity contribution in [3.8, 4) is 11.1 Å². The molecule has 4 nitrogen and oxygen atoms in total. The lowest BCUT2D eigenvalue weighted by atomic mass is 9.97. The predicted molar refractivity (Wildman–Crippen MR) is 97.1 cm³/mol. The molecule has 122 valence electrons. The Balaban J connectivity index is 2.10. The van der Waals surface area contributed by atoms with Gasteiger partial charge in [-0.25, -0.2) is 9.78 Å². The van der Waals surface area contributed by atoms with E-state index in [0.29, 0.717) is 16.1 Å². The second-order valence-electron chi connectivity index (χ2n) is 5.12. The number of hydrogen-bond donors (Lipinski definition) is 1. The van der Waals surface area contributed by atoms with Crippen LogP contribution in [0, 0.1) is 0 Å². The van der Waals surface area contributed by atoms with Crippen molar-refractivity contribution in [3.05, 3.63) is 74.6 Å². The summed E-state index contributed by atoms with van der Waals surface area (Å²) in [4.78, 5) is 16.1. The zero-order valence-corrected chi connectivity index (χ0v) is 15.2. The number of aliphatic hydroxyl groups excluding tert-OH is 1. The van der Waals surface area contributed by atoms with Crippen LogP contribution >= 0.6 is 27.3 Å². The summed E-state index contributed by atoms with van der Waals surface area (Å²) in [6.45, 7) is 0. The van der Waals surface area contributed by atoms with Crippen LogP contribution in [0.5, 0.6) is 0 Å². The molecule has 3 rings (SSSR count). The lowest BCUT2D eigenvalue weighted by molar-refractivity contribution is 0.0600. The third-order valence-corrected chi connectivity index (χ3v) is 4.91. The molecule has 2 aromatic carbocycles. The number of carbonyl (C=O) groups is 1. The van der Waals surface area contributed by atoms with E-state index in [-0.39, 0.29) is 0 Å². The Hall–Kier alpha value is -2.02. The Labute approximate surface area is 151 Å².